The van der Waals surface area contributed by atoms with E-state index in [-0.39, 0.29) is 23.1 Å². The second-order valence-corrected chi connectivity index (χ2v) is 7.94. The minimum atomic E-state index is -0.0438. The number of furan rings is 1. The molecule has 2 fully saturated rings. The number of pyridine rings is 1. The molecule has 0 N–H and O–H groups in total. The molecular formula is C21H25N3O3. The van der Waals surface area contributed by atoms with Gasteiger partial charge in [-0.05, 0) is 44.9 Å². The standard InChI is InChI=1S/C21H25N3O3/c1-14-10-17(15(2)27-14)19(25)24-9-7-21(13-24)11-18(21)20(26)23(3)12-16-6-4-5-8-22-16/h4-6,8,10,18H,7,9,11-13H2,1-3H3/t18-,21-/m1/s1. The Bertz CT molecular complexity index is 876. The van der Waals surface area contributed by atoms with Crippen LogP contribution in [-0.4, -0.2) is 46.7 Å². The summed E-state index contributed by atoms with van der Waals surface area (Å²) < 4.78 is 5.50. The van der Waals surface area contributed by atoms with Crippen molar-refractivity contribution in [1.29, 1.82) is 0 Å². The van der Waals surface area contributed by atoms with Crippen LogP contribution >= 0.6 is 0 Å². The van der Waals surface area contributed by atoms with Crippen LogP contribution in [0.1, 0.15) is 40.4 Å². The van der Waals surface area contributed by atoms with Gasteiger partial charge in [0.25, 0.3) is 5.91 Å². The molecule has 1 spiro atoms. The highest BCUT2D eigenvalue weighted by molar-refractivity contribution is 5.95. The van der Waals surface area contributed by atoms with E-state index in [4.69, 9.17) is 4.42 Å². The van der Waals surface area contributed by atoms with Crippen LogP contribution in [0.2, 0.25) is 0 Å². The Morgan fingerprint density at radius 1 is 1.37 bits per heavy atom. The van der Waals surface area contributed by atoms with Gasteiger partial charge in [0.05, 0.1) is 17.8 Å². The summed E-state index contributed by atoms with van der Waals surface area (Å²) in [5, 5.41) is 0. The molecule has 2 atom stereocenters. The molecule has 0 bridgehead atoms. The molecule has 3 heterocycles. The minimum absolute atomic E-state index is 0.0104. The number of hydrogen-bond acceptors (Lipinski definition) is 4. The van der Waals surface area contributed by atoms with Crippen LogP contribution < -0.4 is 0 Å². The topological polar surface area (TPSA) is 66.7 Å². The van der Waals surface area contributed by atoms with Gasteiger partial charge in [-0.2, -0.15) is 0 Å². The summed E-state index contributed by atoms with van der Waals surface area (Å²) in [7, 11) is 1.83. The number of rotatable bonds is 4. The van der Waals surface area contributed by atoms with Crippen molar-refractivity contribution in [3.63, 3.8) is 0 Å². The molecular weight excluding hydrogens is 342 g/mol. The number of carbonyl (C=O) groups is 2. The minimum Gasteiger partial charge on any atom is -0.466 e. The van der Waals surface area contributed by atoms with Crippen LogP contribution in [0.5, 0.6) is 0 Å². The van der Waals surface area contributed by atoms with Crippen molar-refractivity contribution in [1.82, 2.24) is 14.8 Å². The van der Waals surface area contributed by atoms with Gasteiger partial charge in [0, 0.05) is 37.7 Å². The van der Waals surface area contributed by atoms with Gasteiger partial charge in [0.15, 0.2) is 0 Å². The zero-order valence-electron chi connectivity index (χ0n) is 16.1. The summed E-state index contributed by atoms with van der Waals surface area (Å²) in [5.41, 5.74) is 1.48. The third kappa shape index (κ3) is 3.24. The Labute approximate surface area is 159 Å². The van der Waals surface area contributed by atoms with E-state index in [1.165, 1.54) is 0 Å². The van der Waals surface area contributed by atoms with Crippen LogP contribution in [0.15, 0.2) is 34.9 Å². The van der Waals surface area contributed by atoms with Crippen LogP contribution in [-0.2, 0) is 11.3 Å². The average Bonchev–Trinajstić information content (AvgIpc) is 2.99. The van der Waals surface area contributed by atoms with E-state index in [0.717, 1.165) is 24.3 Å². The Morgan fingerprint density at radius 2 is 2.19 bits per heavy atom. The fraction of sp³-hybridized carbons (Fsp3) is 0.476. The van der Waals surface area contributed by atoms with E-state index >= 15 is 0 Å². The second-order valence-electron chi connectivity index (χ2n) is 7.94. The molecule has 1 aliphatic carbocycles. The van der Waals surface area contributed by atoms with Gasteiger partial charge in [-0.1, -0.05) is 6.07 Å². The monoisotopic (exact) mass is 367 g/mol. The summed E-state index contributed by atoms with van der Waals surface area (Å²) in [6.07, 6.45) is 3.50. The lowest BCUT2D eigenvalue weighted by Crippen LogP contribution is -2.32. The number of hydrogen-bond donors (Lipinski definition) is 0. The van der Waals surface area contributed by atoms with E-state index in [1.807, 2.05) is 44.0 Å². The molecule has 6 heteroatoms. The highest BCUT2D eigenvalue weighted by atomic mass is 16.3. The fourth-order valence-corrected chi connectivity index (χ4v) is 4.31. The third-order valence-corrected chi connectivity index (χ3v) is 5.93. The molecule has 1 aliphatic heterocycles. The van der Waals surface area contributed by atoms with Gasteiger partial charge in [0.2, 0.25) is 5.91 Å². The highest BCUT2D eigenvalue weighted by Gasteiger charge is 2.62. The Morgan fingerprint density at radius 3 is 2.85 bits per heavy atom. The number of aromatic nitrogens is 1. The first-order valence-electron chi connectivity index (χ1n) is 9.41. The predicted molar refractivity (Wildman–Crippen MR) is 100.0 cm³/mol. The van der Waals surface area contributed by atoms with Gasteiger partial charge in [0.1, 0.15) is 11.5 Å². The maximum absolute atomic E-state index is 12.9. The summed E-state index contributed by atoms with van der Waals surface area (Å²) in [5.74, 6) is 1.60. The van der Waals surface area contributed by atoms with Crippen molar-refractivity contribution in [2.45, 2.75) is 33.2 Å². The molecule has 1 saturated carbocycles. The van der Waals surface area contributed by atoms with Gasteiger partial charge in [-0.15, -0.1) is 0 Å². The molecule has 2 aromatic rings. The lowest BCUT2D eigenvalue weighted by atomic mass is 10.0. The zero-order chi connectivity index (χ0) is 19.2. The number of likely N-dealkylation sites (tertiary alicyclic amines) is 1. The molecule has 2 aliphatic rings. The van der Waals surface area contributed by atoms with E-state index in [2.05, 4.69) is 4.98 Å². The third-order valence-electron chi connectivity index (χ3n) is 5.93. The molecule has 2 aromatic heterocycles. The summed E-state index contributed by atoms with van der Waals surface area (Å²) in [6.45, 7) is 5.55. The Kier molecular flexibility index (Phi) is 4.29. The van der Waals surface area contributed by atoms with Gasteiger partial charge < -0.3 is 14.2 Å². The Hall–Kier alpha value is -2.63. The van der Waals surface area contributed by atoms with Crippen molar-refractivity contribution >= 4 is 11.8 Å². The fourth-order valence-electron chi connectivity index (χ4n) is 4.31. The lowest BCUT2D eigenvalue weighted by Gasteiger charge is -2.19. The van der Waals surface area contributed by atoms with E-state index in [0.29, 0.717) is 31.0 Å². The SMILES string of the molecule is Cc1cc(C(=O)N2CC[C@@]3(C[C@@H]3C(=O)N(C)Cc3ccccn3)C2)c(C)o1. The van der Waals surface area contributed by atoms with Gasteiger partial charge in [-0.3, -0.25) is 14.6 Å². The molecule has 6 nitrogen and oxygen atoms in total. The number of amides is 2. The molecule has 0 unspecified atom stereocenters. The van der Waals surface area contributed by atoms with Crippen molar-refractivity contribution in [2.24, 2.45) is 11.3 Å². The molecule has 2 amide bonds. The van der Waals surface area contributed by atoms with Crippen molar-refractivity contribution in [3.05, 3.63) is 53.2 Å². The molecule has 4 rings (SSSR count). The molecule has 1 saturated heterocycles. The lowest BCUT2D eigenvalue weighted by molar-refractivity contribution is -0.132. The Balaban J connectivity index is 1.38. The number of nitrogens with zero attached hydrogens (tertiary/aromatic N) is 3. The van der Waals surface area contributed by atoms with Crippen molar-refractivity contribution < 1.29 is 14.0 Å². The van der Waals surface area contributed by atoms with E-state index in [1.54, 1.807) is 17.2 Å². The zero-order valence-corrected chi connectivity index (χ0v) is 16.1. The van der Waals surface area contributed by atoms with E-state index in [9.17, 15) is 9.59 Å². The summed E-state index contributed by atoms with van der Waals surface area (Å²) >= 11 is 0. The molecule has 0 radical (unpaired) electrons. The van der Waals surface area contributed by atoms with Crippen LogP contribution in [0, 0.1) is 25.2 Å². The van der Waals surface area contributed by atoms with Crippen LogP contribution in [0.4, 0.5) is 0 Å². The first-order valence-corrected chi connectivity index (χ1v) is 9.41. The first-order chi connectivity index (χ1) is 12.9. The quantitative estimate of drug-likeness (QED) is 0.833. The van der Waals surface area contributed by atoms with Gasteiger partial charge in [-0.25, -0.2) is 0 Å². The molecule has 142 valence electrons. The average molecular weight is 367 g/mol. The number of aryl methyl sites for hydroxylation is 2. The first kappa shape index (κ1) is 17.8. The smallest absolute Gasteiger partial charge is 0.257 e. The molecule has 0 aromatic carbocycles. The van der Waals surface area contributed by atoms with Gasteiger partial charge >= 0.3 is 0 Å². The molecule has 27 heavy (non-hydrogen) atoms. The maximum Gasteiger partial charge on any atom is 0.257 e. The highest BCUT2D eigenvalue weighted by Crippen LogP contribution is 2.59. The van der Waals surface area contributed by atoms with Crippen molar-refractivity contribution in [3.8, 4) is 0 Å². The normalized spacial score (nSPS) is 23.7. The second kappa shape index (κ2) is 6.51. The summed E-state index contributed by atoms with van der Waals surface area (Å²) in [6, 6.07) is 7.53. The number of carbonyl (C=O) groups excluding carboxylic acids is 2. The predicted octanol–water partition coefficient (Wildman–Crippen LogP) is 2.80. The maximum atomic E-state index is 12.9. The summed E-state index contributed by atoms with van der Waals surface area (Å²) in [4.78, 5) is 33.6. The largest absolute Gasteiger partial charge is 0.466 e. The van der Waals surface area contributed by atoms with E-state index < -0.39 is 0 Å². The van der Waals surface area contributed by atoms with Crippen LogP contribution in [0.25, 0.3) is 0 Å². The van der Waals surface area contributed by atoms with Crippen molar-refractivity contribution in [2.75, 3.05) is 20.1 Å². The van der Waals surface area contributed by atoms with Crippen LogP contribution in [0.3, 0.4) is 0 Å².